The first kappa shape index (κ1) is 13.0. The Morgan fingerprint density at radius 3 is 2.39 bits per heavy atom. The Morgan fingerprint density at radius 1 is 1.06 bits per heavy atom. The molecule has 0 fully saturated rings. The normalized spacial score (nSPS) is 10.4. The summed E-state index contributed by atoms with van der Waals surface area (Å²) in [7, 11) is 0. The topological polar surface area (TPSA) is 17.1 Å². The van der Waals surface area contributed by atoms with E-state index in [9.17, 15) is 9.18 Å². The van der Waals surface area contributed by atoms with Crippen LogP contribution < -0.4 is 0 Å². The van der Waals surface area contributed by atoms with Crippen LogP contribution in [0.15, 0.2) is 40.9 Å². The molecule has 0 heterocycles. The van der Waals surface area contributed by atoms with Gasteiger partial charge in [-0.1, -0.05) is 12.1 Å². The lowest BCUT2D eigenvalue weighted by atomic mass is 9.99. The summed E-state index contributed by atoms with van der Waals surface area (Å²) in [6.07, 6.45) is 0. The number of ketones is 1. The average molecular weight is 307 g/mol. The number of aryl methyl sites for hydroxylation is 2. The average Bonchev–Trinajstić information content (AvgIpc) is 2.32. The second-order valence-electron chi connectivity index (χ2n) is 4.25. The second kappa shape index (κ2) is 5.02. The van der Waals surface area contributed by atoms with Crippen LogP contribution in [0.4, 0.5) is 4.39 Å². The summed E-state index contributed by atoms with van der Waals surface area (Å²) < 4.78 is 13.5. The molecule has 18 heavy (non-hydrogen) atoms. The maximum atomic E-state index is 13.0. The fourth-order valence-electron chi connectivity index (χ4n) is 1.71. The molecule has 0 spiro atoms. The SMILES string of the molecule is Cc1ccc(C(=O)c2ccc(F)cc2Br)cc1C. The maximum Gasteiger partial charge on any atom is 0.194 e. The summed E-state index contributed by atoms with van der Waals surface area (Å²) in [5.74, 6) is -0.469. The first-order valence-electron chi connectivity index (χ1n) is 5.56. The fourth-order valence-corrected chi connectivity index (χ4v) is 2.24. The number of hydrogen-bond donors (Lipinski definition) is 0. The summed E-state index contributed by atoms with van der Waals surface area (Å²) in [6, 6.07) is 9.65. The molecule has 0 atom stereocenters. The van der Waals surface area contributed by atoms with Crippen LogP contribution in [0.25, 0.3) is 0 Å². The van der Waals surface area contributed by atoms with E-state index in [1.54, 1.807) is 6.07 Å². The third kappa shape index (κ3) is 2.51. The molecule has 2 aromatic carbocycles. The minimum atomic E-state index is -0.362. The fraction of sp³-hybridized carbons (Fsp3) is 0.133. The standard InChI is InChI=1S/C15H12BrFO/c1-9-3-4-11(7-10(9)2)15(18)13-6-5-12(17)8-14(13)16/h3-8H,1-2H3. The Kier molecular flexibility index (Phi) is 3.62. The van der Waals surface area contributed by atoms with Gasteiger partial charge >= 0.3 is 0 Å². The van der Waals surface area contributed by atoms with Crippen LogP contribution in [0, 0.1) is 19.7 Å². The van der Waals surface area contributed by atoms with E-state index in [0.29, 0.717) is 15.6 Å². The van der Waals surface area contributed by atoms with Crippen LogP contribution >= 0.6 is 15.9 Å². The molecule has 2 aromatic rings. The summed E-state index contributed by atoms with van der Waals surface area (Å²) >= 11 is 3.22. The summed E-state index contributed by atoms with van der Waals surface area (Å²) in [6.45, 7) is 3.96. The van der Waals surface area contributed by atoms with Gasteiger partial charge in [-0.3, -0.25) is 4.79 Å². The van der Waals surface area contributed by atoms with Gasteiger partial charge in [0.25, 0.3) is 0 Å². The summed E-state index contributed by atoms with van der Waals surface area (Å²) in [5, 5.41) is 0. The van der Waals surface area contributed by atoms with Crippen molar-refractivity contribution in [2.45, 2.75) is 13.8 Å². The van der Waals surface area contributed by atoms with Gasteiger partial charge in [-0.05, 0) is 65.2 Å². The lowest BCUT2D eigenvalue weighted by Gasteiger charge is -2.06. The van der Waals surface area contributed by atoms with Gasteiger partial charge in [0.15, 0.2) is 5.78 Å². The van der Waals surface area contributed by atoms with Crippen molar-refractivity contribution in [1.29, 1.82) is 0 Å². The van der Waals surface area contributed by atoms with Crippen LogP contribution in [0.5, 0.6) is 0 Å². The summed E-state index contributed by atoms with van der Waals surface area (Å²) in [5.41, 5.74) is 3.30. The van der Waals surface area contributed by atoms with E-state index in [0.717, 1.165) is 11.1 Å². The van der Waals surface area contributed by atoms with E-state index in [1.165, 1.54) is 18.2 Å². The zero-order valence-electron chi connectivity index (χ0n) is 10.1. The number of hydrogen-bond acceptors (Lipinski definition) is 1. The molecule has 2 rings (SSSR count). The van der Waals surface area contributed by atoms with Crippen LogP contribution in [-0.4, -0.2) is 5.78 Å². The molecule has 0 bridgehead atoms. The molecule has 0 aliphatic rings. The Bertz CT molecular complexity index is 620. The quantitative estimate of drug-likeness (QED) is 0.750. The van der Waals surface area contributed by atoms with Crippen LogP contribution in [0.2, 0.25) is 0 Å². The predicted molar refractivity (Wildman–Crippen MR) is 73.4 cm³/mol. The third-order valence-electron chi connectivity index (χ3n) is 2.94. The highest BCUT2D eigenvalue weighted by Gasteiger charge is 2.13. The van der Waals surface area contributed by atoms with Crippen molar-refractivity contribution >= 4 is 21.7 Å². The number of carbonyl (C=O) groups excluding carboxylic acids is 1. The predicted octanol–water partition coefficient (Wildman–Crippen LogP) is 4.44. The van der Waals surface area contributed by atoms with Crippen molar-refractivity contribution in [2.24, 2.45) is 0 Å². The molecule has 1 nitrogen and oxygen atoms in total. The first-order valence-corrected chi connectivity index (χ1v) is 6.35. The minimum absolute atomic E-state index is 0.107. The molecule has 3 heteroatoms. The van der Waals surface area contributed by atoms with Crippen molar-refractivity contribution < 1.29 is 9.18 Å². The molecule has 0 amide bonds. The number of rotatable bonds is 2. The van der Waals surface area contributed by atoms with E-state index in [2.05, 4.69) is 15.9 Å². The van der Waals surface area contributed by atoms with E-state index >= 15 is 0 Å². The highest BCUT2D eigenvalue weighted by molar-refractivity contribution is 9.10. The van der Waals surface area contributed by atoms with Crippen LogP contribution in [0.1, 0.15) is 27.0 Å². The zero-order chi connectivity index (χ0) is 13.3. The van der Waals surface area contributed by atoms with Gasteiger partial charge in [-0.15, -0.1) is 0 Å². The van der Waals surface area contributed by atoms with Crippen molar-refractivity contribution in [1.82, 2.24) is 0 Å². The molecular weight excluding hydrogens is 295 g/mol. The van der Waals surface area contributed by atoms with Crippen LogP contribution in [-0.2, 0) is 0 Å². The number of carbonyl (C=O) groups is 1. The smallest absolute Gasteiger partial charge is 0.194 e. The molecule has 0 saturated carbocycles. The van der Waals surface area contributed by atoms with E-state index in [4.69, 9.17) is 0 Å². The minimum Gasteiger partial charge on any atom is -0.289 e. The zero-order valence-corrected chi connectivity index (χ0v) is 11.7. The van der Waals surface area contributed by atoms with Gasteiger partial charge in [0.05, 0.1) is 0 Å². The second-order valence-corrected chi connectivity index (χ2v) is 5.11. The largest absolute Gasteiger partial charge is 0.289 e. The maximum absolute atomic E-state index is 13.0. The van der Waals surface area contributed by atoms with E-state index < -0.39 is 0 Å². The molecule has 0 aliphatic heterocycles. The highest BCUT2D eigenvalue weighted by atomic mass is 79.9. The van der Waals surface area contributed by atoms with Gasteiger partial charge in [-0.2, -0.15) is 0 Å². The third-order valence-corrected chi connectivity index (χ3v) is 3.60. The number of halogens is 2. The van der Waals surface area contributed by atoms with E-state index in [-0.39, 0.29) is 11.6 Å². The van der Waals surface area contributed by atoms with Gasteiger partial charge in [0.2, 0.25) is 0 Å². The van der Waals surface area contributed by atoms with Gasteiger partial charge in [0.1, 0.15) is 5.82 Å². The first-order chi connectivity index (χ1) is 8.49. The van der Waals surface area contributed by atoms with Crippen molar-refractivity contribution in [3.8, 4) is 0 Å². The summed E-state index contributed by atoms with van der Waals surface area (Å²) in [4.78, 5) is 12.3. The van der Waals surface area contributed by atoms with Gasteiger partial charge in [0, 0.05) is 15.6 Å². The van der Waals surface area contributed by atoms with Crippen LogP contribution in [0.3, 0.4) is 0 Å². The van der Waals surface area contributed by atoms with Gasteiger partial charge in [-0.25, -0.2) is 4.39 Å². The molecular formula is C15H12BrFO. The number of benzene rings is 2. The molecule has 92 valence electrons. The Balaban J connectivity index is 2.44. The highest BCUT2D eigenvalue weighted by Crippen LogP contribution is 2.22. The van der Waals surface area contributed by atoms with Crippen molar-refractivity contribution in [2.75, 3.05) is 0 Å². The Labute approximate surface area is 114 Å². The Morgan fingerprint density at radius 2 is 1.78 bits per heavy atom. The molecule has 0 aromatic heterocycles. The molecule has 0 saturated heterocycles. The van der Waals surface area contributed by atoms with E-state index in [1.807, 2.05) is 26.0 Å². The Hall–Kier alpha value is -1.48. The van der Waals surface area contributed by atoms with Crippen molar-refractivity contribution in [3.05, 3.63) is 68.9 Å². The molecule has 0 unspecified atom stereocenters. The lowest BCUT2D eigenvalue weighted by molar-refractivity contribution is 0.103. The monoisotopic (exact) mass is 306 g/mol. The van der Waals surface area contributed by atoms with Gasteiger partial charge < -0.3 is 0 Å². The van der Waals surface area contributed by atoms with Crippen molar-refractivity contribution in [3.63, 3.8) is 0 Å². The molecule has 0 N–H and O–H groups in total. The lowest BCUT2D eigenvalue weighted by Crippen LogP contribution is -2.03. The molecule has 0 aliphatic carbocycles. The molecule has 0 radical (unpaired) electrons.